The summed E-state index contributed by atoms with van der Waals surface area (Å²) in [5.41, 5.74) is 0.932. The van der Waals surface area contributed by atoms with E-state index in [1.807, 2.05) is 0 Å². The van der Waals surface area contributed by atoms with Gasteiger partial charge in [-0.3, -0.25) is 0 Å². The molecule has 1 rings (SSSR count). The van der Waals surface area contributed by atoms with Gasteiger partial charge >= 0.3 is 0 Å². The Hall–Kier alpha value is -0.470. The highest BCUT2D eigenvalue weighted by molar-refractivity contribution is 6.39. The molecule has 1 nitrogen and oxygen atoms in total. The van der Waals surface area contributed by atoms with Gasteiger partial charge < -0.3 is 5.32 Å². The number of halogens is 3. The first-order valence-corrected chi connectivity index (χ1v) is 6.43. The molecule has 0 saturated heterocycles. The van der Waals surface area contributed by atoms with Crippen molar-refractivity contribution in [2.45, 2.75) is 33.6 Å². The van der Waals surface area contributed by atoms with Crippen molar-refractivity contribution in [3.63, 3.8) is 0 Å². The number of hydrogen-bond acceptors (Lipinski definition) is 1. The predicted octanol–water partition coefficient (Wildman–Crippen LogP) is 5.37. The summed E-state index contributed by atoms with van der Waals surface area (Å²) in [5.74, 6) is -0.416. The first-order valence-electron chi connectivity index (χ1n) is 5.68. The summed E-state index contributed by atoms with van der Waals surface area (Å²) < 4.78 is 13.0. The summed E-state index contributed by atoms with van der Waals surface area (Å²) in [4.78, 5) is 0. The predicted molar refractivity (Wildman–Crippen MR) is 73.6 cm³/mol. The molecule has 0 aliphatic rings. The van der Waals surface area contributed by atoms with Gasteiger partial charge in [-0.15, -0.1) is 0 Å². The van der Waals surface area contributed by atoms with E-state index in [9.17, 15) is 4.39 Å². The molecule has 1 aromatic carbocycles. The number of hydrogen-bond donors (Lipinski definition) is 1. The fourth-order valence-electron chi connectivity index (χ4n) is 1.54. The Morgan fingerprint density at radius 1 is 1.18 bits per heavy atom. The summed E-state index contributed by atoms with van der Waals surface area (Å²) in [6.45, 7) is 7.38. The average molecular weight is 278 g/mol. The molecule has 0 spiro atoms. The Bertz CT molecular complexity index is 362. The van der Waals surface area contributed by atoms with Crippen LogP contribution in [0.15, 0.2) is 12.1 Å². The highest BCUT2D eigenvalue weighted by Gasteiger charge is 2.11. The monoisotopic (exact) mass is 277 g/mol. The summed E-state index contributed by atoms with van der Waals surface area (Å²) >= 11 is 11.8. The van der Waals surface area contributed by atoms with Crippen molar-refractivity contribution < 1.29 is 4.39 Å². The van der Waals surface area contributed by atoms with Crippen LogP contribution in [0.25, 0.3) is 0 Å². The fraction of sp³-hybridized carbons (Fsp3) is 0.538. The number of nitrogens with one attached hydrogen (secondary N) is 1. The number of anilines is 1. The third-order valence-corrected chi connectivity index (χ3v) is 3.01. The quantitative estimate of drug-likeness (QED) is 0.730. The Kier molecular flexibility index (Phi) is 5.08. The zero-order valence-electron chi connectivity index (χ0n) is 10.4. The van der Waals surface area contributed by atoms with E-state index < -0.39 is 5.82 Å². The first-order chi connectivity index (χ1) is 7.79. The summed E-state index contributed by atoms with van der Waals surface area (Å²) in [6, 6.07) is 2.53. The molecule has 4 heteroatoms. The normalized spacial score (nSPS) is 11.6. The molecule has 0 aliphatic heterocycles. The van der Waals surface area contributed by atoms with Crippen molar-refractivity contribution in [2.24, 2.45) is 5.41 Å². The molecule has 0 heterocycles. The van der Waals surface area contributed by atoms with Crippen LogP contribution in [0.3, 0.4) is 0 Å². The zero-order chi connectivity index (χ0) is 13.1. The van der Waals surface area contributed by atoms with Crippen LogP contribution >= 0.6 is 23.2 Å². The topological polar surface area (TPSA) is 12.0 Å². The summed E-state index contributed by atoms with van der Waals surface area (Å²) in [5, 5.41) is 3.80. The lowest BCUT2D eigenvalue weighted by molar-refractivity contribution is 0.370. The van der Waals surface area contributed by atoms with E-state index in [0.29, 0.717) is 21.1 Å². The molecule has 1 N–H and O–H groups in total. The SMILES string of the molecule is CC(C)(C)CCCNc1c(Cl)cc(F)cc1Cl. The minimum Gasteiger partial charge on any atom is -0.383 e. The van der Waals surface area contributed by atoms with Gasteiger partial charge in [0.15, 0.2) is 0 Å². The van der Waals surface area contributed by atoms with Crippen LogP contribution in [-0.4, -0.2) is 6.54 Å². The van der Waals surface area contributed by atoms with E-state index in [-0.39, 0.29) is 0 Å². The van der Waals surface area contributed by atoms with E-state index in [2.05, 4.69) is 26.1 Å². The second-order valence-electron chi connectivity index (χ2n) is 5.34. The lowest BCUT2D eigenvalue weighted by atomic mass is 9.91. The second-order valence-corrected chi connectivity index (χ2v) is 6.15. The Morgan fingerprint density at radius 2 is 1.71 bits per heavy atom. The van der Waals surface area contributed by atoms with Crippen LogP contribution in [0, 0.1) is 11.2 Å². The maximum absolute atomic E-state index is 13.0. The van der Waals surface area contributed by atoms with Crippen LogP contribution in [0.1, 0.15) is 33.6 Å². The fourth-order valence-corrected chi connectivity index (χ4v) is 2.14. The van der Waals surface area contributed by atoms with Gasteiger partial charge in [0.2, 0.25) is 0 Å². The van der Waals surface area contributed by atoms with Crippen LogP contribution in [0.5, 0.6) is 0 Å². The molecule has 0 radical (unpaired) electrons. The smallest absolute Gasteiger partial charge is 0.126 e. The molecule has 0 unspecified atom stereocenters. The van der Waals surface area contributed by atoms with Gasteiger partial charge in [0.25, 0.3) is 0 Å². The highest BCUT2D eigenvalue weighted by atomic mass is 35.5. The largest absolute Gasteiger partial charge is 0.383 e. The molecule has 0 fully saturated rings. The lowest BCUT2D eigenvalue weighted by Gasteiger charge is -2.18. The molecular weight excluding hydrogens is 260 g/mol. The molecule has 1 aromatic rings. The van der Waals surface area contributed by atoms with Crippen LogP contribution in [-0.2, 0) is 0 Å². The molecule has 17 heavy (non-hydrogen) atoms. The van der Waals surface area contributed by atoms with E-state index in [0.717, 1.165) is 19.4 Å². The Morgan fingerprint density at radius 3 is 2.18 bits per heavy atom. The summed E-state index contributed by atoms with van der Waals surface area (Å²) in [7, 11) is 0. The number of benzene rings is 1. The van der Waals surface area contributed by atoms with Gasteiger partial charge in [0.05, 0.1) is 15.7 Å². The zero-order valence-corrected chi connectivity index (χ0v) is 11.9. The van der Waals surface area contributed by atoms with Gasteiger partial charge in [-0.05, 0) is 30.4 Å². The second kappa shape index (κ2) is 5.92. The maximum atomic E-state index is 13.0. The van der Waals surface area contributed by atoms with Crippen molar-refractivity contribution in [1.29, 1.82) is 0 Å². The van der Waals surface area contributed by atoms with E-state index in [1.54, 1.807) is 0 Å². The van der Waals surface area contributed by atoms with Crippen molar-refractivity contribution in [2.75, 3.05) is 11.9 Å². The lowest BCUT2D eigenvalue weighted by Crippen LogP contribution is -2.09. The molecule has 0 aliphatic carbocycles. The third-order valence-electron chi connectivity index (χ3n) is 2.41. The van der Waals surface area contributed by atoms with Gasteiger partial charge in [-0.25, -0.2) is 4.39 Å². The molecule has 0 bridgehead atoms. The minimum absolute atomic E-state index is 0.318. The average Bonchev–Trinajstić information content (AvgIpc) is 2.13. The van der Waals surface area contributed by atoms with Gasteiger partial charge in [-0.2, -0.15) is 0 Å². The van der Waals surface area contributed by atoms with Crippen molar-refractivity contribution in [1.82, 2.24) is 0 Å². The standard InChI is InChI=1S/C13H18Cl2FN/c1-13(2,3)5-4-6-17-12-10(14)7-9(16)8-11(12)15/h7-8,17H,4-6H2,1-3H3. The van der Waals surface area contributed by atoms with Crippen molar-refractivity contribution >= 4 is 28.9 Å². The Balaban J connectivity index is 2.53. The van der Waals surface area contributed by atoms with Crippen molar-refractivity contribution in [3.05, 3.63) is 28.0 Å². The number of rotatable bonds is 4. The van der Waals surface area contributed by atoms with Gasteiger partial charge in [0, 0.05) is 6.54 Å². The van der Waals surface area contributed by atoms with E-state index in [4.69, 9.17) is 23.2 Å². The van der Waals surface area contributed by atoms with Crippen LogP contribution < -0.4 is 5.32 Å². The van der Waals surface area contributed by atoms with Gasteiger partial charge in [0.1, 0.15) is 5.82 Å². The maximum Gasteiger partial charge on any atom is 0.126 e. The Labute approximate surface area is 112 Å². The molecule has 0 amide bonds. The molecule has 96 valence electrons. The first kappa shape index (κ1) is 14.6. The van der Waals surface area contributed by atoms with E-state index >= 15 is 0 Å². The third kappa shape index (κ3) is 5.13. The van der Waals surface area contributed by atoms with E-state index in [1.165, 1.54) is 12.1 Å². The molecule has 0 atom stereocenters. The van der Waals surface area contributed by atoms with Crippen LogP contribution in [0.4, 0.5) is 10.1 Å². The molecule has 0 saturated carbocycles. The highest BCUT2D eigenvalue weighted by Crippen LogP contribution is 2.31. The molecule has 0 aromatic heterocycles. The molecular formula is C13H18Cl2FN. The van der Waals surface area contributed by atoms with Crippen LogP contribution in [0.2, 0.25) is 10.0 Å². The van der Waals surface area contributed by atoms with Crippen molar-refractivity contribution in [3.8, 4) is 0 Å². The van der Waals surface area contributed by atoms with Gasteiger partial charge in [-0.1, -0.05) is 44.0 Å². The summed E-state index contributed by atoms with van der Waals surface area (Å²) in [6.07, 6.45) is 2.13. The minimum atomic E-state index is -0.416.